The van der Waals surface area contributed by atoms with Crippen LogP contribution in [0, 0.1) is 5.92 Å². The maximum absolute atomic E-state index is 10.3. The van der Waals surface area contributed by atoms with Crippen molar-refractivity contribution in [1.29, 1.82) is 0 Å². The molecule has 0 spiro atoms. The normalized spacial score (nSPS) is 35.9. The number of aliphatic hydroxyl groups excluding tert-OH is 1. The Labute approximate surface area is 94.9 Å². The minimum atomic E-state index is -1.24. The summed E-state index contributed by atoms with van der Waals surface area (Å²) in [4.78, 5) is 10.2. The average Bonchev–Trinajstić information content (AvgIpc) is 2.21. The quantitative estimate of drug-likeness (QED) is 0.497. The molecule has 0 heterocycles. The van der Waals surface area contributed by atoms with Crippen molar-refractivity contribution in [2.24, 2.45) is 5.92 Å². The van der Waals surface area contributed by atoms with E-state index in [-0.39, 0.29) is 5.92 Å². The monoisotopic (exact) mass is 226 g/mol. The Hall–Kier alpha value is -1.13. The highest BCUT2D eigenvalue weighted by Crippen LogP contribution is 2.34. The van der Waals surface area contributed by atoms with E-state index >= 15 is 0 Å². The van der Waals surface area contributed by atoms with Gasteiger partial charge in [0.15, 0.2) is 0 Å². The number of aliphatic carboxylic acids is 1. The fraction of sp³-hybridized carbons (Fsp3) is 0.583. The molecule has 0 saturated heterocycles. The van der Waals surface area contributed by atoms with Crippen LogP contribution in [0.1, 0.15) is 26.2 Å². The Balaban J connectivity index is 2.71. The first-order valence-corrected chi connectivity index (χ1v) is 5.46. The summed E-state index contributed by atoms with van der Waals surface area (Å²) < 4.78 is 0. The van der Waals surface area contributed by atoms with Crippen molar-refractivity contribution in [3.05, 3.63) is 24.3 Å². The van der Waals surface area contributed by atoms with Gasteiger partial charge in [0.25, 0.3) is 0 Å². The van der Waals surface area contributed by atoms with E-state index in [0.29, 0.717) is 6.42 Å². The summed E-state index contributed by atoms with van der Waals surface area (Å²) in [5.74, 6) is -1.06. The van der Waals surface area contributed by atoms with Gasteiger partial charge in [0, 0.05) is 6.08 Å². The van der Waals surface area contributed by atoms with E-state index in [9.17, 15) is 15.0 Å². The molecule has 1 rings (SSSR count). The Morgan fingerprint density at radius 1 is 1.38 bits per heavy atom. The van der Waals surface area contributed by atoms with Gasteiger partial charge in [-0.1, -0.05) is 31.6 Å². The third kappa shape index (κ3) is 2.93. The number of allylic oxidation sites excluding steroid dienone is 2. The van der Waals surface area contributed by atoms with Crippen LogP contribution in [0.15, 0.2) is 24.3 Å². The third-order valence-electron chi connectivity index (χ3n) is 3.15. The van der Waals surface area contributed by atoms with Crippen molar-refractivity contribution in [2.75, 3.05) is 0 Å². The molecule has 0 bridgehead atoms. The van der Waals surface area contributed by atoms with Gasteiger partial charge in [-0.2, -0.15) is 0 Å². The SMILES string of the molecule is C[C@@H]1CCC[C@H](O)[C@@]1(O)/C=C/C=C\C(=O)O. The summed E-state index contributed by atoms with van der Waals surface area (Å²) in [5, 5.41) is 28.4. The topological polar surface area (TPSA) is 77.8 Å². The highest BCUT2D eigenvalue weighted by Gasteiger charge is 2.40. The zero-order chi connectivity index (χ0) is 12.2. The second-order valence-corrected chi connectivity index (χ2v) is 4.29. The fourth-order valence-corrected chi connectivity index (χ4v) is 2.03. The summed E-state index contributed by atoms with van der Waals surface area (Å²) in [6.45, 7) is 1.88. The van der Waals surface area contributed by atoms with E-state index in [0.717, 1.165) is 18.9 Å². The molecule has 0 amide bonds. The minimum absolute atomic E-state index is 0.0225. The number of hydrogen-bond donors (Lipinski definition) is 3. The van der Waals surface area contributed by atoms with Crippen LogP contribution in [0.25, 0.3) is 0 Å². The van der Waals surface area contributed by atoms with Crippen molar-refractivity contribution < 1.29 is 20.1 Å². The van der Waals surface area contributed by atoms with E-state index in [2.05, 4.69) is 0 Å². The Morgan fingerprint density at radius 3 is 2.62 bits per heavy atom. The van der Waals surface area contributed by atoms with Gasteiger partial charge in [-0.3, -0.25) is 0 Å². The molecule has 3 atom stereocenters. The number of aliphatic hydroxyl groups is 2. The van der Waals surface area contributed by atoms with Crippen molar-refractivity contribution in [3.8, 4) is 0 Å². The third-order valence-corrected chi connectivity index (χ3v) is 3.15. The van der Waals surface area contributed by atoms with Crippen LogP contribution in [0.5, 0.6) is 0 Å². The predicted molar refractivity (Wildman–Crippen MR) is 59.9 cm³/mol. The van der Waals surface area contributed by atoms with Crippen molar-refractivity contribution in [1.82, 2.24) is 0 Å². The second-order valence-electron chi connectivity index (χ2n) is 4.29. The zero-order valence-corrected chi connectivity index (χ0v) is 9.34. The lowest BCUT2D eigenvalue weighted by molar-refractivity contribution is -0.131. The molecule has 0 aliphatic heterocycles. The first kappa shape index (κ1) is 12.9. The highest BCUT2D eigenvalue weighted by molar-refractivity contribution is 5.80. The maximum atomic E-state index is 10.3. The van der Waals surface area contributed by atoms with E-state index in [4.69, 9.17) is 5.11 Å². The molecule has 0 aromatic rings. The molecule has 1 aliphatic carbocycles. The van der Waals surface area contributed by atoms with Crippen molar-refractivity contribution in [3.63, 3.8) is 0 Å². The molecule has 16 heavy (non-hydrogen) atoms. The lowest BCUT2D eigenvalue weighted by atomic mass is 9.74. The van der Waals surface area contributed by atoms with E-state index in [1.807, 2.05) is 6.92 Å². The largest absolute Gasteiger partial charge is 0.478 e. The van der Waals surface area contributed by atoms with Gasteiger partial charge in [-0.05, 0) is 18.8 Å². The summed E-state index contributed by atoms with van der Waals surface area (Å²) in [7, 11) is 0. The van der Waals surface area contributed by atoms with Crippen LogP contribution in [0.2, 0.25) is 0 Å². The number of hydrogen-bond acceptors (Lipinski definition) is 3. The van der Waals surface area contributed by atoms with Gasteiger partial charge < -0.3 is 15.3 Å². The fourth-order valence-electron chi connectivity index (χ4n) is 2.03. The van der Waals surface area contributed by atoms with Crippen LogP contribution < -0.4 is 0 Å². The molecule has 0 aromatic heterocycles. The summed E-state index contributed by atoms with van der Waals surface area (Å²) in [6, 6.07) is 0. The van der Waals surface area contributed by atoms with Crippen LogP contribution in [0.4, 0.5) is 0 Å². The average molecular weight is 226 g/mol. The standard InChI is InChI=1S/C12H18O4/c1-9-5-4-6-10(13)12(9,16)8-3-2-7-11(14)15/h2-3,7-10,13,16H,4-6H2,1H3,(H,14,15)/b7-2-,8-3+/t9-,10+,12-/m1/s1. The predicted octanol–water partition coefficient (Wildman–Crippen LogP) is 1.10. The van der Waals surface area contributed by atoms with E-state index in [1.54, 1.807) is 0 Å². The molecular formula is C12H18O4. The molecule has 3 N–H and O–H groups in total. The molecule has 4 nitrogen and oxygen atoms in total. The molecule has 1 saturated carbocycles. The lowest BCUT2D eigenvalue weighted by Crippen LogP contribution is -2.48. The molecule has 0 radical (unpaired) electrons. The molecule has 90 valence electrons. The van der Waals surface area contributed by atoms with Crippen molar-refractivity contribution in [2.45, 2.75) is 37.9 Å². The summed E-state index contributed by atoms with van der Waals surface area (Å²) in [5.41, 5.74) is -1.24. The highest BCUT2D eigenvalue weighted by atomic mass is 16.4. The number of rotatable bonds is 3. The molecule has 0 unspecified atom stereocenters. The van der Waals surface area contributed by atoms with Crippen LogP contribution >= 0.6 is 0 Å². The number of carbonyl (C=O) groups is 1. The Kier molecular flexibility index (Phi) is 4.26. The first-order chi connectivity index (χ1) is 7.47. The van der Waals surface area contributed by atoms with Crippen LogP contribution in [-0.2, 0) is 4.79 Å². The lowest BCUT2D eigenvalue weighted by Gasteiger charge is -2.39. The van der Waals surface area contributed by atoms with E-state index in [1.165, 1.54) is 18.2 Å². The maximum Gasteiger partial charge on any atom is 0.328 e. The Morgan fingerprint density at radius 2 is 2.06 bits per heavy atom. The smallest absolute Gasteiger partial charge is 0.328 e. The molecule has 1 fully saturated rings. The van der Waals surface area contributed by atoms with Gasteiger partial charge in [0.1, 0.15) is 5.60 Å². The number of carboxylic acid groups (broad SMARTS) is 1. The Bertz CT molecular complexity index is 296. The molecule has 4 heteroatoms. The molecule has 0 aromatic carbocycles. The van der Waals surface area contributed by atoms with Crippen molar-refractivity contribution >= 4 is 5.97 Å². The van der Waals surface area contributed by atoms with Gasteiger partial charge in [0.2, 0.25) is 0 Å². The van der Waals surface area contributed by atoms with Gasteiger partial charge in [0.05, 0.1) is 6.10 Å². The second kappa shape index (κ2) is 5.27. The zero-order valence-electron chi connectivity index (χ0n) is 9.34. The van der Waals surface area contributed by atoms with Gasteiger partial charge in [-0.25, -0.2) is 4.79 Å². The van der Waals surface area contributed by atoms with E-state index < -0.39 is 17.7 Å². The van der Waals surface area contributed by atoms with Crippen LogP contribution in [-0.4, -0.2) is 33.0 Å². The first-order valence-electron chi connectivity index (χ1n) is 5.46. The van der Waals surface area contributed by atoms with Crippen LogP contribution in [0.3, 0.4) is 0 Å². The minimum Gasteiger partial charge on any atom is -0.478 e. The summed E-state index contributed by atoms with van der Waals surface area (Å²) in [6.07, 6.45) is 6.86. The molecule has 1 aliphatic rings. The van der Waals surface area contributed by atoms with Gasteiger partial charge in [-0.15, -0.1) is 0 Å². The molecular weight excluding hydrogens is 208 g/mol. The summed E-state index contributed by atoms with van der Waals surface area (Å²) >= 11 is 0. The van der Waals surface area contributed by atoms with Gasteiger partial charge >= 0.3 is 5.97 Å². The number of carboxylic acids is 1.